The average Bonchev–Trinajstić information content (AvgIpc) is 3.16. The van der Waals surface area contributed by atoms with Gasteiger partial charge in [0.15, 0.2) is 5.16 Å². The van der Waals surface area contributed by atoms with Gasteiger partial charge in [0.05, 0.1) is 0 Å². The molecule has 1 aliphatic carbocycles. The second-order valence-electron chi connectivity index (χ2n) is 9.35. The monoisotopic (exact) mass is 482 g/mol. The summed E-state index contributed by atoms with van der Waals surface area (Å²) in [7, 11) is 2.05. The summed E-state index contributed by atoms with van der Waals surface area (Å²) in [6, 6.07) is 6.46. The molecule has 3 heterocycles. The van der Waals surface area contributed by atoms with Crippen LogP contribution in [0.1, 0.15) is 43.0 Å². The molecule has 1 aromatic carbocycles. The molecule has 6 nitrogen and oxygen atoms in total. The van der Waals surface area contributed by atoms with Crippen molar-refractivity contribution in [3.8, 4) is 5.75 Å². The van der Waals surface area contributed by atoms with Crippen molar-refractivity contribution in [1.82, 2.24) is 19.7 Å². The number of benzene rings is 1. The van der Waals surface area contributed by atoms with Gasteiger partial charge in [-0.15, -0.1) is 23.4 Å². The minimum Gasteiger partial charge on any atom is -0.406 e. The molecule has 1 saturated carbocycles. The fourth-order valence-corrected chi connectivity index (χ4v) is 6.25. The number of alkyl halides is 3. The molecular weight excluding hydrogens is 453 g/mol. The average molecular weight is 483 g/mol. The number of nitrogens with zero attached hydrogens (tertiary/aromatic N) is 4. The molecule has 3 aliphatic rings. The topological polar surface area (TPSA) is 52.4 Å². The van der Waals surface area contributed by atoms with Crippen molar-refractivity contribution in [3.63, 3.8) is 0 Å². The number of ether oxygens (including phenoxy) is 2. The predicted molar refractivity (Wildman–Crippen MR) is 118 cm³/mol. The van der Waals surface area contributed by atoms with Gasteiger partial charge < -0.3 is 18.9 Å². The molecule has 2 aromatic rings. The fraction of sp³-hybridized carbons (Fsp3) is 0.652. The molecule has 5 rings (SSSR count). The van der Waals surface area contributed by atoms with Crippen LogP contribution >= 0.6 is 11.8 Å². The molecule has 0 N–H and O–H groups in total. The zero-order valence-corrected chi connectivity index (χ0v) is 19.5. The van der Waals surface area contributed by atoms with Crippen LogP contribution < -0.4 is 4.74 Å². The lowest BCUT2D eigenvalue weighted by atomic mass is 9.95. The Balaban J connectivity index is 1.08. The molecule has 0 amide bonds. The lowest BCUT2D eigenvalue weighted by Gasteiger charge is -2.21. The van der Waals surface area contributed by atoms with Gasteiger partial charge in [-0.25, -0.2) is 0 Å². The van der Waals surface area contributed by atoms with Crippen molar-refractivity contribution in [2.45, 2.75) is 48.5 Å². The number of piperidine rings is 1. The maximum atomic E-state index is 12.4. The van der Waals surface area contributed by atoms with Gasteiger partial charge in [-0.05, 0) is 55.8 Å². The van der Waals surface area contributed by atoms with Crippen molar-refractivity contribution in [2.75, 3.05) is 38.6 Å². The first-order valence-corrected chi connectivity index (χ1v) is 12.5. The summed E-state index contributed by atoms with van der Waals surface area (Å²) in [5, 5.41) is 9.81. The highest BCUT2D eigenvalue weighted by atomic mass is 32.2. The number of likely N-dealkylation sites (tertiary alicyclic amines) is 1. The number of rotatable bonds is 8. The van der Waals surface area contributed by atoms with Crippen LogP contribution in [0.2, 0.25) is 0 Å². The largest absolute Gasteiger partial charge is 0.573 e. The van der Waals surface area contributed by atoms with E-state index in [0.717, 1.165) is 80.8 Å². The Morgan fingerprint density at radius 3 is 2.67 bits per heavy atom. The van der Waals surface area contributed by atoms with Gasteiger partial charge in [-0.1, -0.05) is 23.9 Å². The van der Waals surface area contributed by atoms with E-state index in [9.17, 15) is 13.2 Å². The lowest BCUT2D eigenvalue weighted by molar-refractivity contribution is -0.274. The molecule has 10 heteroatoms. The number of hydrogen-bond acceptors (Lipinski definition) is 6. The van der Waals surface area contributed by atoms with E-state index in [4.69, 9.17) is 4.74 Å². The highest BCUT2D eigenvalue weighted by Crippen LogP contribution is 2.59. The highest BCUT2D eigenvalue weighted by molar-refractivity contribution is 7.99. The smallest absolute Gasteiger partial charge is 0.406 e. The number of halogens is 3. The third-order valence-corrected chi connectivity index (χ3v) is 8.29. The van der Waals surface area contributed by atoms with Gasteiger partial charge in [-0.2, -0.15) is 0 Å². The minimum atomic E-state index is -4.65. The Bertz CT molecular complexity index is 962. The second-order valence-corrected chi connectivity index (χ2v) is 10.4. The van der Waals surface area contributed by atoms with Crippen molar-refractivity contribution in [2.24, 2.45) is 13.0 Å². The van der Waals surface area contributed by atoms with Gasteiger partial charge in [0, 0.05) is 50.4 Å². The van der Waals surface area contributed by atoms with E-state index in [2.05, 4.69) is 31.4 Å². The molecule has 2 aliphatic heterocycles. The molecule has 0 unspecified atom stereocenters. The van der Waals surface area contributed by atoms with E-state index in [1.807, 2.05) is 0 Å². The summed E-state index contributed by atoms with van der Waals surface area (Å²) in [4.78, 5) is 2.49. The third-order valence-electron chi connectivity index (χ3n) is 7.18. The van der Waals surface area contributed by atoms with Crippen molar-refractivity contribution in [1.29, 1.82) is 0 Å². The maximum Gasteiger partial charge on any atom is 0.573 e. The van der Waals surface area contributed by atoms with Crippen LogP contribution in [0, 0.1) is 5.92 Å². The molecule has 0 spiro atoms. The predicted octanol–water partition coefficient (Wildman–Crippen LogP) is 4.36. The van der Waals surface area contributed by atoms with E-state index >= 15 is 0 Å². The maximum absolute atomic E-state index is 12.4. The van der Waals surface area contributed by atoms with Crippen molar-refractivity contribution < 1.29 is 22.6 Å². The van der Waals surface area contributed by atoms with E-state index in [-0.39, 0.29) is 11.2 Å². The van der Waals surface area contributed by atoms with Crippen LogP contribution in [-0.2, 0) is 17.2 Å². The summed E-state index contributed by atoms with van der Waals surface area (Å²) in [5.41, 5.74) is 1.23. The lowest BCUT2D eigenvalue weighted by Crippen LogP contribution is -2.28. The molecule has 33 heavy (non-hydrogen) atoms. The first-order chi connectivity index (χ1) is 15.8. The molecule has 2 atom stereocenters. The molecular formula is C23H29F3N4O2S. The van der Waals surface area contributed by atoms with E-state index < -0.39 is 6.36 Å². The highest BCUT2D eigenvalue weighted by Gasteiger charge is 2.60. The Labute approximate surface area is 195 Å². The SMILES string of the molecule is Cn1c(SCCCN2C[C@@H]3C[C@]3(c3ccc(OC(F)(F)F)cc3)C2)nnc1C1CCOCC1. The van der Waals surface area contributed by atoms with Gasteiger partial charge in [0.2, 0.25) is 0 Å². The summed E-state index contributed by atoms with van der Waals surface area (Å²) < 4.78 is 48.8. The van der Waals surface area contributed by atoms with E-state index in [0.29, 0.717) is 11.8 Å². The van der Waals surface area contributed by atoms with Crippen molar-refractivity contribution in [3.05, 3.63) is 35.7 Å². The Hall–Kier alpha value is -1.78. The van der Waals surface area contributed by atoms with Crippen LogP contribution in [0.3, 0.4) is 0 Å². The van der Waals surface area contributed by atoms with Crippen LogP contribution in [-0.4, -0.2) is 64.6 Å². The molecule has 1 aromatic heterocycles. The van der Waals surface area contributed by atoms with Gasteiger partial charge in [-0.3, -0.25) is 0 Å². The fourth-order valence-electron chi connectivity index (χ4n) is 5.41. The quantitative estimate of drug-likeness (QED) is 0.412. The number of aromatic nitrogens is 3. The van der Waals surface area contributed by atoms with Crippen molar-refractivity contribution >= 4 is 11.8 Å². The van der Waals surface area contributed by atoms with Crippen LogP contribution in [0.25, 0.3) is 0 Å². The standard InChI is InChI=1S/C23H29F3N4O2S/c1-29-20(16-7-10-31-11-8-16)27-28-21(29)33-12-2-9-30-14-18-13-22(18,15-30)17-3-5-19(6-4-17)32-23(24,25)26/h3-6,16,18H,2,7-15H2,1H3/t18-,22+/m0/s1. The molecule has 0 bridgehead atoms. The van der Waals surface area contributed by atoms with E-state index in [1.165, 1.54) is 12.1 Å². The first-order valence-electron chi connectivity index (χ1n) is 11.5. The van der Waals surface area contributed by atoms with Gasteiger partial charge >= 0.3 is 6.36 Å². The van der Waals surface area contributed by atoms with Gasteiger partial charge in [0.1, 0.15) is 11.6 Å². The third kappa shape index (κ3) is 5.02. The number of hydrogen-bond donors (Lipinski definition) is 0. The summed E-state index contributed by atoms with van der Waals surface area (Å²) in [5.74, 6) is 2.93. The Kier molecular flexibility index (Phi) is 6.35. The molecule has 3 fully saturated rings. The summed E-state index contributed by atoms with van der Waals surface area (Å²) in [6.07, 6.45) is -0.461. The zero-order valence-electron chi connectivity index (χ0n) is 18.7. The normalized spacial score (nSPS) is 25.9. The molecule has 0 radical (unpaired) electrons. The molecule has 2 saturated heterocycles. The van der Waals surface area contributed by atoms with E-state index in [1.54, 1.807) is 23.9 Å². The number of fused-ring (bicyclic) bond motifs is 1. The summed E-state index contributed by atoms with van der Waals surface area (Å²) >= 11 is 1.75. The number of thioether (sulfide) groups is 1. The minimum absolute atomic E-state index is 0.103. The first kappa shape index (κ1) is 23.0. The zero-order chi connectivity index (χ0) is 23.1. The van der Waals surface area contributed by atoms with Gasteiger partial charge in [0.25, 0.3) is 0 Å². The van der Waals surface area contributed by atoms with Crippen LogP contribution in [0.4, 0.5) is 13.2 Å². The van der Waals surface area contributed by atoms with Crippen LogP contribution in [0.15, 0.2) is 29.4 Å². The molecule has 180 valence electrons. The second kappa shape index (κ2) is 9.11. The Morgan fingerprint density at radius 1 is 1.18 bits per heavy atom. The van der Waals surface area contributed by atoms with Crippen LogP contribution in [0.5, 0.6) is 5.75 Å². The summed E-state index contributed by atoms with van der Waals surface area (Å²) in [6.45, 7) is 4.64. The Morgan fingerprint density at radius 2 is 1.94 bits per heavy atom.